The fraction of sp³-hybridized carbons (Fsp3) is 0.500. The molecule has 0 fully saturated rings. The summed E-state index contributed by atoms with van der Waals surface area (Å²) < 4.78 is 0. The number of hydrogen-bond acceptors (Lipinski definition) is 2. The second-order valence-electron chi connectivity index (χ2n) is 1.04. The van der Waals surface area contributed by atoms with Crippen molar-refractivity contribution in [2.45, 2.75) is 13.8 Å². The molecule has 0 aliphatic heterocycles. The van der Waals surface area contributed by atoms with Gasteiger partial charge in [0, 0.05) is 13.8 Å². The molecular formula is C4H11ClMgO4. The van der Waals surface area contributed by atoms with E-state index in [2.05, 4.69) is 0 Å². The molecule has 0 atom stereocenters. The summed E-state index contributed by atoms with van der Waals surface area (Å²) in [5.41, 5.74) is 0. The summed E-state index contributed by atoms with van der Waals surface area (Å²) in [4.78, 5) is 18.0. The van der Waals surface area contributed by atoms with Gasteiger partial charge in [-0.3, -0.25) is 9.59 Å². The third-order valence-corrected chi connectivity index (χ3v) is 0. The predicted octanol–water partition coefficient (Wildman–Crippen LogP) is 0.448. The molecule has 0 radical (unpaired) electrons. The van der Waals surface area contributed by atoms with Gasteiger partial charge in [-0.1, -0.05) is 0 Å². The zero-order chi connectivity index (χ0) is 7.15. The van der Waals surface area contributed by atoms with E-state index in [1.165, 1.54) is 0 Å². The molecule has 60 valence electrons. The van der Waals surface area contributed by atoms with Crippen molar-refractivity contribution >= 4 is 47.4 Å². The van der Waals surface area contributed by atoms with Crippen LogP contribution in [0.25, 0.3) is 0 Å². The van der Waals surface area contributed by atoms with Gasteiger partial charge in [0.05, 0.1) is 0 Å². The van der Waals surface area contributed by atoms with Gasteiger partial charge in [0.2, 0.25) is 0 Å². The molecule has 10 heavy (non-hydrogen) atoms. The average Bonchev–Trinajstić information content (AvgIpc) is 1.25. The maximum atomic E-state index is 9.00. The summed E-state index contributed by atoms with van der Waals surface area (Å²) in [6.45, 7) is 2.17. The molecule has 0 aromatic rings. The van der Waals surface area contributed by atoms with Crippen molar-refractivity contribution in [3.63, 3.8) is 0 Å². The van der Waals surface area contributed by atoms with E-state index < -0.39 is 11.9 Å². The van der Waals surface area contributed by atoms with Crippen molar-refractivity contribution in [3.8, 4) is 0 Å². The topological polar surface area (TPSA) is 74.6 Å². The molecule has 0 rings (SSSR count). The van der Waals surface area contributed by atoms with E-state index in [-0.39, 0.29) is 38.3 Å². The fourth-order valence-corrected chi connectivity index (χ4v) is 0. The molecule has 0 aliphatic carbocycles. The molecule has 0 amide bonds. The van der Waals surface area contributed by atoms with Crippen LogP contribution in [0.2, 0.25) is 0 Å². The third kappa shape index (κ3) is 27600000. The molecule has 0 unspecified atom stereocenters. The van der Waals surface area contributed by atoms with Crippen LogP contribution in [0.3, 0.4) is 0 Å². The van der Waals surface area contributed by atoms with Gasteiger partial charge in [0.1, 0.15) is 0 Å². The normalized spacial score (nSPS) is 5.00. The first-order valence-electron chi connectivity index (χ1n) is 1.86. The van der Waals surface area contributed by atoms with Crippen molar-refractivity contribution in [1.82, 2.24) is 0 Å². The Bertz CT molecular complexity index is 83.1. The smallest absolute Gasteiger partial charge is 1.00 e. The van der Waals surface area contributed by atoms with Crippen molar-refractivity contribution in [1.29, 1.82) is 0 Å². The van der Waals surface area contributed by atoms with Crippen LogP contribution in [0.15, 0.2) is 0 Å². The second kappa shape index (κ2) is 16.0. The number of aliphatic carboxylic acids is 2. The molecule has 0 saturated heterocycles. The van der Waals surface area contributed by atoms with Crippen LogP contribution >= 0.6 is 12.4 Å². The van der Waals surface area contributed by atoms with E-state index in [9.17, 15) is 0 Å². The summed E-state index contributed by atoms with van der Waals surface area (Å²) in [6, 6.07) is 0. The maximum Gasteiger partial charge on any atom is 2.00 e. The van der Waals surface area contributed by atoms with Gasteiger partial charge in [-0.05, 0) is 0 Å². The zero-order valence-corrected chi connectivity index (χ0v) is 8.06. The molecule has 0 saturated carbocycles. The van der Waals surface area contributed by atoms with E-state index in [0.717, 1.165) is 13.8 Å². The monoisotopic (exact) mass is 182 g/mol. The number of rotatable bonds is 0. The van der Waals surface area contributed by atoms with Gasteiger partial charge < -0.3 is 13.1 Å². The SMILES string of the molecule is CC(=O)O.CC(=O)O.Cl.[H-].[H-].[Mg+2]. The summed E-state index contributed by atoms with van der Waals surface area (Å²) in [5.74, 6) is -1.67. The average molecular weight is 183 g/mol. The Morgan fingerprint density at radius 1 is 1.10 bits per heavy atom. The molecule has 0 spiro atoms. The predicted molar refractivity (Wildman–Crippen MR) is 41.8 cm³/mol. The Hall–Kier alpha value is -0.00377. The number of carboxylic acids is 2. The summed E-state index contributed by atoms with van der Waals surface area (Å²) >= 11 is 0. The largest absolute Gasteiger partial charge is 2.00 e. The quantitative estimate of drug-likeness (QED) is 0.534. The van der Waals surface area contributed by atoms with Gasteiger partial charge in [-0.2, -0.15) is 0 Å². The van der Waals surface area contributed by atoms with Crippen LogP contribution < -0.4 is 0 Å². The van der Waals surface area contributed by atoms with Gasteiger partial charge in [0.25, 0.3) is 11.9 Å². The van der Waals surface area contributed by atoms with Crippen LogP contribution in [-0.2, 0) is 9.59 Å². The Morgan fingerprint density at radius 3 is 1.10 bits per heavy atom. The van der Waals surface area contributed by atoms with Crippen molar-refractivity contribution in [3.05, 3.63) is 0 Å². The molecule has 2 N–H and O–H groups in total. The Labute approximate surface area is 84.1 Å². The molecule has 0 aliphatic rings. The number of carbonyl (C=O) groups is 2. The van der Waals surface area contributed by atoms with E-state index in [4.69, 9.17) is 19.8 Å². The molecule has 0 bridgehead atoms. The van der Waals surface area contributed by atoms with Crippen LogP contribution in [-0.4, -0.2) is 45.2 Å². The first-order chi connectivity index (χ1) is 3.46. The standard InChI is InChI=1S/2C2H4O2.ClH.Mg.2H/c2*1-2(3)4;;;;/h2*1H3,(H,3,4);1H;;;/q;;;+2;2*-1. The minimum Gasteiger partial charge on any atom is -1.00 e. The van der Waals surface area contributed by atoms with Crippen molar-refractivity contribution in [2.24, 2.45) is 0 Å². The summed E-state index contributed by atoms with van der Waals surface area (Å²) in [7, 11) is 0. The number of carboxylic acid groups (broad SMARTS) is 2. The Balaban J connectivity index is -0.0000000112. The van der Waals surface area contributed by atoms with Gasteiger partial charge in [0.15, 0.2) is 0 Å². The van der Waals surface area contributed by atoms with Crippen molar-refractivity contribution < 1.29 is 22.7 Å². The molecular weight excluding hydrogens is 172 g/mol. The molecule has 4 nitrogen and oxygen atoms in total. The first-order valence-corrected chi connectivity index (χ1v) is 1.86. The zero-order valence-electron chi connectivity index (χ0n) is 7.83. The van der Waals surface area contributed by atoms with Crippen LogP contribution in [0.1, 0.15) is 16.7 Å². The second-order valence-corrected chi connectivity index (χ2v) is 1.04. The van der Waals surface area contributed by atoms with Crippen LogP contribution in [0, 0.1) is 0 Å². The summed E-state index contributed by atoms with van der Waals surface area (Å²) in [5, 5.41) is 14.8. The molecule has 0 heterocycles. The minimum atomic E-state index is -0.833. The molecule has 0 aromatic carbocycles. The first kappa shape index (κ1) is 22.5. The van der Waals surface area contributed by atoms with Gasteiger partial charge in [-0.25, -0.2) is 0 Å². The van der Waals surface area contributed by atoms with E-state index in [1.807, 2.05) is 0 Å². The number of hydrogen-bond donors (Lipinski definition) is 2. The fourth-order valence-electron chi connectivity index (χ4n) is 0. The van der Waals surface area contributed by atoms with Gasteiger partial charge in [-0.15, -0.1) is 12.4 Å². The van der Waals surface area contributed by atoms with E-state index in [0.29, 0.717) is 0 Å². The Morgan fingerprint density at radius 2 is 1.10 bits per heavy atom. The maximum absolute atomic E-state index is 9.00. The Kier molecular flexibility index (Phi) is 36.0. The molecule has 6 heteroatoms. The third-order valence-electron chi connectivity index (χ3n) is 0. The van der Waals surface area contributed by atoms with Crippen LogP contribution in [0.4, 0.5) is 0 Å². The summed E-state index contributed by atoms with van der Waals surface area (Å²) in [6.07, 6.45) is 0. The van der Waals surface area contributed by atoms with Crippen LogP contribution in [0.5, 0.6) is 0 Å². The minimum absolute atomic E-state index is 0. The number of halogens is 1. The van der Waals surface area contributed by atoms with E-state index >= 15 is 0 Å². The molecule has 0 aromatic heterocycles. The van der Waals surface area contributed by atoms with Gasteiger partial charge >= 0.3 is 23.1 Å². The van der Waals surface area contributed by atoms with Crippen molar-refractivity contribution in [2.75, 3.05) is 0 Å². The van der Waals surface area contributed by atoms with E-state index in [1.54, 1.807) is 0 Å².